The van der Waals surface area contributed by atoms with Crippen LogP contribution in [0.2, 0.25) is 0 Å². The van der Waals surface area contributed by atoms with E-state index in [1.54, 1.807) is 18.4 Å². The Labute approximate surface area is 103 Å². The molecule has 1 rings (SSSR count). The lowest BCUT2D eigenvalue weighted by molar-refractivity contribution is -0.136. The fraction of sp³-hybridized carbons (Fsp3) is 0.455. The Morgan fingerprint density at radius 1 is 1.59 bits per heavy atom. The van der Waals surface area contributed by atoms with Gasteiger partial charge in [0.25, 0.3) is 0 Å². The maximum atomic E-state index is 11.4. The van der Waals surface area contributed by atoms with E-state index in [0.29, 0.717) is 10.6 Å². The third-order valence-electron chi connectivity index (χ3n) is 2.18. The van der Waals surface area contributed by atoms with Crippen LogP contribution in [0.5, 0.6) is 0 Å². The molecule has 6 heteroatoms. The Bertz CT molecular complexity index is 402. The van der Waals surface area contributed by atoms with E-state index in [0.717, 1.165) is 6.42 Å². The molecule has 1 aromatic heterocycles. The fourth-order valence-corrected chi connectivity index (χ4v) is 1.95. The van der Waals surface area contributed by atoms with Gasteiger partial charge in [-0.3, -0.25) is 10.1 Å². The molecule has 0 radical (unpaired) electrons. The second-order valence-corrected chi connectivity index (χ2v) is 4.58. The van der Waals surface area contributed by atoms with Gasteiger partial charge in [-0.05, 0) is 24.8 Å². The minimum atomic E-state index is -0.925. The summed E-state index contributed by atoms with van der Waals surface area (Å²) in [7, 11) is 0. The zero-order valence-electron chi connectivity index (χ0n) is 9.73. The van der Waals surface area contributed by atoms with Crippen LogP contribution in [0, 0.1) is 0 Å². The number of carboxylic acids is 1. The second-order valence-electron chi connectivity index (χ2n) is 3.58. The quantitative estimate of drug-likeness (QED) is 0.850. The van der Waals surface area contributed by atoms with E-state index in [9.17, 15) is 9.59 Å². The summed E-state index contributed by atoms with van der Waals surface area (Å²) >= 11 is 1.29. The van der Waals surface area contributed by atoms with E-state index < -0.39 is 12.1 Å². The number of hydrogen-bond donors (Lipinski definition) is 2. The van der Waals surface area contributed by atoms with Crippen molar-refractivity contribution in [2.45, 2.75) is 32.8 Å². The molecule has 0 aliphatic heterocycles. The first-order chi connectivity index (χ1) is 8.02. The average Bonchev–Trinajstić information content (AvgIpc) is 2.64. The Balaban J connectivity index is 2.59. The van der Waals surface area contributed by atoms with E-state index >= 15 is 0 Å². The molecule has 1 heterocycles. The zero-order chi connectivity index (χ0) is 12.8. The van der Waals surface area contributed by atoms with E-state index in [1.165, 1.54) is 11.3 Å². The highest BCUT2D eigenvalue weighted by Gasteiger charge is 2.13. The molecule has 5 nitrogen and oxygen atoms in total. The Kier molecular flexibility index (Phi) is 4.96. The van der Waals surface area contributed by atoms with Crippen molar-refractivity contribution in [1.29, 1.82) is 0 Å². The largest absolute Gasteiger partial charge is 0.481 e. The highest BCUT2D eigenvalue weighted by Crippen LogP contribution is 2.23. The van der Waals surface area contributed by atoms with Crippen LogP contribution >= 0.6 is 11.3 Å². The van der Waals surface area contributed by atoms with Gasteiger partial charge in [0.05, 0.1) is 12.1 Å². The number of amides is 1. The molecule has 94 valence electrons. The summed E-state index contributed by atoms with van der Waals surface area (Å²) in [6.45, 7) is 3.71. The van der Waals surface area contributed by atoms with Crippen molar-refractivity contribution in [3.05, 3.63) is 16.3 Å². The zero-order valence-corrected chi connectivity index (χ0v) is 10.5. The van der Waals surface area contributed by atoms with Crippen LogP contribution in [0.25, 0.3) is 0 Å². The van der Waals surface area contributed by atoms with Crippen LogP contribution in [0.15, 0.2) is 11.4 Å². The number of nitrogens with one attached hydrogen (secondary N) is 1. The first-order valence-corrected chi connectivity index (χ1v) is 6.16. The van der Waals surface area contributed by atoms with E-state index in [4.69, 9.17) is 9.84 Å². The minimum Gasteiger partial charge on any atom is -0.481 e. The lowest BCUT2D eigenvalue weighted by Gasteiger charge is -2.11. The van der Waals surface area contributed by atoms with Crippen LogP contribution in [0.3, 0.4) is 0 Å². The summed E-state index contributed by atoms with van der Waals surface area (Å²) in [5, 5.41) is 13.0. The van der Waals surface area contributed by atoms with Crippen molar-refractivity contribution >= 4 is 29.1 Å². The second kappa shape index (κ2) is 6.24. The Morgan fingerprint density at radius 3 is 2.88 bits per heavy atom. The number of ether oxygens (including phenoxy) is 1. The molecule has 0 bridgehead atoms. The minimum absolute atomic E-state index is 0.101. The van der Waals surface area contributed by atoms with Gasteiger partial charge >= 0.3 is 12.1 Å². The number of aliphatic carboxylic acids is 1. The molecular weight excluding hydrogens is 242 g/mol. The lowest BCUT2D eigenvalue weighted by Crippen LogP contribution is -2.20. The molecule has 1 atom stereocenters. The van der Waals surface area contributed by atoms with Gasteiger partial charge in [-0.25, -0.2) is 4.79 Å². The molecule has 1 unspecified atom stereocenters. The van der Waals surface area contributed by atoms with Crippen LogP contribution in [0.1, 0.15) is 25.1 Å². The highest BCUT2D eigenvalue weighted by molar-refractivity contribution is 7.10. The summed E-state index contributed by atoms with van der Waals surface area (Å²) in [4.78, 5) is 22.6. The topological polar surface area (TPSA) is 75.6 Å². The molecule has 0 spiro atoms. The lowest BCUT2D eigenvalue weighted by atomic mass is 10.3. The highest BCUT2D eigenvalue weighted by atomic mass is 32.1. The number of anilines is 1. The summed E-state index contributed by atoms with van der Waals surface area (Å²) in [6.07, 6.45) is -0.0729. The van der Waals surface area contributed by atoms with Crippen LogP contribution in [-0.4, -0.2) is 23.3 Å². The van der Waals surface area contributed by atoms with Gasteiger partial charge in [-0.1, -0.05) is 6.92 Å². The van der Waals surface area contributed by atoms with Gasteiger partial charge in [-0.2, -0.15) is 0 Å². The van der Waals surface area contributed by atoms with Crippen molar-refractivity contribution in [2.75, 3.05) is 5.32 Å². The van der Waals surface area contributed by atoms with E-state index in [2.05, 4.69) is 5.32 Å². The smallest absolute Gasteiger partial charge is 0.411 e. The van der Waals surface area contributed by atoms with Gasteiger partial charge in [0, 0.05) is 4.88 Å². The summed E-state index contributed by atoms with van der Waals surface area (Å²) in [5.41, 5.74) is 0.505. The van der Waals surface area contributed by atoms with Crippen LogP contribution in [0.4, 0.5) is 10.5 Å². The summed E-state index contributed by atoms with van der Waals surface area (Å²) in [5.74, 6) is -0.925. The molecule has 0 aliphatic rings. The molecule has 1 aromatic rings. The number of carbonyl (C=O) groups is 2. The third kappa shape index (κ3) is 4.44. The standard InChI is InChI=1S/C11H15NO4S/c1-3-7(2)16-11(15)12-8-4-5-17-9(8)6-10(13)14/h4-5,7H,3,6H2,1-2H3,(H,12,15)(H,13,14). The molecular formula is C11H15NO4S. The number of hydrogen-bond acceptors (Lipinski definition) is 4. The van der Waals surface area contributed by atoms with Crippen molar-refractivity contribution in [3.8, 4) is 0 Å². The number of thiophene rings is 1. The average molecular weight is 257 g/mol. The molecule has 1 amide bonds. The molecule has 2 N–H and O–H groups in total. The predicted molar refractivity (Wildman–Crippen MR) is 65.5 cm³/mol. The summed E-state index contributed by atoms with van der Waals surface area (Å²) < 4.78 is 5.04. The Hall–Kier alpha value is -1.56. The van der Waals surface area contributed by atoms with Crippen LogP contribution in [-0.2, 0) is 16.0 Å². The van der Waals surface area contributed by atoms with E-state index in [1.807, 2.05) is 6.92 Å². The Morgan fingerprint density at radius 2 is 2.29 bits per heavy atom. The SMILES string of the molecule is CCC(C)OC(=O)Nc1ccsc1CC(=O)O. The molecule has 17 heavy (non-hydrogen) atoms. The first-order valence-electron chi connectivity index (χ1n) is 5.28. The van der Waals surface area contributed by atoms with Gasteiger partial charge in [0.1, 0.15) is 6.10 Å². The molecule has 0 fully saturated rings. The molecule has 0 aliphatic carbocycles. The maximum absolute atomic E-state index is 11.4. The first kappa shape index (κ1) is 13.5. The molecule has 0 aromatic carbocycles. The van der Waals surface area contributed by atoms with Gasteiger partial charge in [0.15, 0.2) is 0 Å². The fourth-order valence-electron chi connectivity index (χ4n) is 1.13. The maximum Gasteiger partial charge on any atom is 0.411 e. The van der Waals surface area contributed by atoms with Gasteiger partial charge < -0.3 is 9.84 Å². The van der Waals surface area contributed by atoms with Crippen molar-refractivity contribution in [1.82, 2.24) is 0 Å². The van der Waals surface area contributed by atoms with Gasteiger partial charge in [-0.15, -0.1) is 11.3 Å². The predicted octanol–water partition coefficient (Wildman–Crippen LogP) is 2.72. The third-order valence-corrected chi connectivity index (χ3v) is 3.10. The van der Waals surface area contributed by atoms with E-state index in [-0.39, 0.29) is 12.5 Å². The molecule has 0 saturated carbocycles. The normalized spacial score (nSPS) is 11.9. The van der Waals surface area contributed by atoms with Gasteiger partial charge in [0.2, 0.25) is 0 Å². The summed E-state index contributed by atoms with van der Waals surface area (Å²) in [6, 6.07) is 1.67. The van der Waals surface area contributed by atoms with Crippen molar-refractivity contribution < 1.29 is 19.4 Å². The molecule has 0 saturated heterocycles. The van der Waals surface area contributed by atoms with Crippen LogP contribution < -0.4 is 5.32 Å². The van der Waals surface area contributed by atoms with Crippen molar-refractivity contribution in [2.24, 2.45) is 0 Å². The monoisotopic (exact) mass is 257 g/mol. The number of carboxylic acid groups (broad SMARTS) is 1. The van der Waals surface area contributed by atoms with Crippen molar-refractivity contribution in [3.63, 3.8) is 0 Å². The number of rotatable bonds is 5. The number of carbonyl (C=O) groups excluding carboxylic acids is 1.